The van der Waals surface area contributed by atoms with Crippen LogP contribution in [0.15, 0.2) is 42.9 Å². The summed E-state index contributed by atoms with van der Waals surface area (Å²) < 4.78 is 0. The Morgan fingerprint density at radius 2 is 1.95 bits per heavy atom. The number of anilines is 1. The Morgan fingerprint density at radius 3 is 2.64 bits per heavy atom. The van der Waals surface area contributed by atoms with Crippen molar-refractivity contribution in [1.29, 1.82) is 0 Å². The summed E-state index contributed by atoms with van der Waals surface area (Å²) in [6, 6.07) is 7.38. The molecular weight excluding hydrogens is 276 g/mol. The zero-order valence-electron chi connectivity index (χ0n) is 12.9. The minimum atomic E-state index is -0.123. The molecule has 0 saturated heterocycles. The maximum absolute atomic E-state index is 12.0. The van der Waals surface area contributed by atoms with Gasteiger partial charge in [0.1, 0.15) is 5.82 Å². The Labute approximate surface area is 131 Å². The van der Waals surface area contributed by atoms with Crippen molar-refractivity contribution in [2.24, 2.45) is 0 Å². The van der Waals surface area contributed by atoms with E-state index in [9.17, 15) is 4.79 Å². The summed E-state index contributed by atoms with van der Waals surface area (Å²) >= 11 is 0. The monoisotopic (exact) mass is 298 g/mol. The van der Waals surface area contributed by atoms with E-state index in [-0.39, 0.29) is 5.91 Å². The van der Waals surface area contributed by atoms with Gasteiger partial charge in [-0.3, -0.25) is 9.78 Å². The Kier molecular flexibility index (Phi) is 6.36. The molecule has 2 rings (SSSR count). The molecule has 22 heavy (non-hydrogen) atoms. The van der Waals surface area contributed by atoms with Gasteiger partial charge >= 0.3 is 0 Å². The molecule has 0 aliphatic carbocycles. The second kappa shape index (κ2) is 8.77. The summed E-state index contributed by atoms with van der Waals surface area (Å²) in [5.41, 5.74) is 1.58. The van der Waals surface area contributed by atoms with E-state index in [1.807, 2.05) is 18.2 Å². The molecule has 2 N–H and O–H groups in total. The lowest BCUT2D eigenvalue weighted by molar-refractivity contribution is 0.0950. The van der Waals surface area contributed by atoms with Gasteiger partial charge < -0.3 is 10.6 Å². The number of pyridine rings is 2. The number of amides is 1. The summed E-state index contributed by atoms with van der Waals surface area (Å²) in [7, 11) is 0. The summed E-state index contributed by atoms with van der Waals surface area (Å²) in [5.74, 6) is 0.684. The molecule has 0 aliphatic heterocycles. The van der Waals surface area contributed by atoms with Crippen LogP contribution in [0.2, 0.25) is 0 Å². The minimum Gasteiger partial charge on any atom is -0.370 e. The lowest BCUT2D eigenvalue weighted by Gasteiger charge is -2.07. The lowest BCUT2D eigenvalue weighted by atomic mass is 10.2. The molecule has 0 spiro atoms. The predicted molar refractivity (Wildman–Crippen MR) is 87.7 cm³/mol. The zero-order valence-corrected chi connectivity index (χ0v) is 12.9. The third kappa shape index (κ3) is 5.16. The smallest absolute Gasteiger partial charge is 0.253 e. The van der Waals surface area contributed by atoms with Crippen LogP contribution in [0.4, 0.5) is 5.82 Å². The van der Waals surface area contributed by atoms with Crippen molar-refractivity contribution < 1.29 is 4.79 Å². The summed E-state index contributed by atoms with van der Waals surface area (Å²) in [5, 5.41) is 6.12. The number of hydrogen-bond acceptors (Lipinski definition) is 4. The van der Waals surface area contributed by atoms with Crippen molar-refractivity contribution >= 4 is 11.7 Å². The first-order valence-electron chi connectivity index (χ1n) is 7.66. The van der Waals surface area contributed by atoms with E-state index < -0.39 is 0 Å². The number of unbranched alkanes of at least 4 members (excludes halogenated alkanes) is 2. The lowest BCUT2D eigenvalue weighted by Crippen LogP contribution is -2.23. The molecule has 0 aromatic carbocycles. The molecule has 5 heteroatoms. The fraction of sp³-hybridized carbons (Fsp3) is 0.353. The molecule has 0 saturated carbocycles. The molecule has 2 aromatic rings. The van der Waals surface area contributed by atoms with Crippen molar-refractivity contribution in [2.45, 2.75) is 32.7 Å². The molecule has 0 bridgehead atoms. The molecule has 0 unspecified atom stereocenters. The standard InChI is InChI=1S/C17H22N4O/c1-2-3-4-9-19-16-6-5-15(13-20-16)17(22)21-12-14-7-10-18-11-8-14/h5-8,10-11,13H,2-4,9,12H2,1H3,(H,19,20)(H,21,22). The fourth-order valence-corrected chi connectivity index (χ4v) is 2.01. The van der Waals surface area contributed by atoms with Gasteiger partial charge in [-0.15, -0.1) is 0 Å². The van der Waals surface area contributed by atoms with E-state index in [1.165, 1.54) is 12.8 Å². The first-order chi connectivity index (χ1) is 10.8. The quantitative estimate of drug-likeness (QED) is 0.735. The number of rotatable bonds is 8. The van der Waals surface area contributed by atoms with Crippen LogP contribution in [0.5, 0.6) is 0 Å². The average molecular weight is 298 g/mol. The highest BCUT2D eigenvalue weighted by Gasteiger charge is 2.05. The van der Waals surface area contributed by atoms with E-state index in [4.69, 9.17) is 0 Å². The number of nitrogens with zero attached hydrogens (tertiary/aromatic N) is 2. The van der Waals surface area contributed by atoms with Gasteiger partial charge in [-0.05, 0) is 36.2 Å². The van der Waals surface area contributed by atoms with Crippen LogP contribution in [0, 0.1) is 0 Å². The van der Waals surface area contributed by atoms with Crippen molar-refractivity contribution in [3.05, 3.63) is 54.0 Å². The van der Waals surface area contributed by atoms with E-state index in [2.05, 4.69) is 27.5 Å². The van der Waals surface area contributed by atoms with Gasteiger partial charge in [0.25, 0.3) is 5.91 Å². The molecule has 0 fully saturated rings. The normalized spacial score (nSPS) is 10.2. The highest BCUT2D eigenvalue weighted by molar-refractivity contribution is 5.93. The van der Waals surface area contributed by atoms with E-state index in [1.54, 1.807) is 24.7 Å². The second-order valence-electron chi connectivity index (χ2n) is 5.10. The Bertz CT molecular complexity index is 569. The van der Waals surface area contributed by atoms with Gasteiger partial charge in [0.05, 0.1) is 5.56 Å². The molecule has 5 nitrogen and oxygen atoms in total. The largest absolute Gasteiger partial charge is 0.370 e. The van der Waals surface area contributed by atoms with Crippen LogP contribution in [0.3, 0.4) is 0 Å². The number of hydrogen-bond donors (Lipinski definition) is 2. The van der Waals surface area contributed by atoms with Gasteiger partial charge in [-0.1, -0.05) is 19.8 Å². The van der Waals surface area contributed by atoms with E-state index >= 15 is 0 Å². The van der Waals surface area contributed by atoms with Crippen molar-refractivity contribution in [3.8, 4) is 0 Å². The average Bonchev–Trinajstić information content (AvgIpc) is 2.58. The van der Waals surface area contributed by atoms with E-state index in [0.717, 1.165) is 24.3 Å². The molecular formula is C17H22N4O. The van der Waals surface area contributed by atoms with E-state index in [0.29, 0.717) is 12.1 Å². The summed E-state index contributed by atoms with van der Waals surface area (Å²) in [6.07, 6.45) is 8.56. The zero-order chi connectivity index (χ0) is 15.6. The molecule has 2 aromatic heterocycles. The van der Waals surface area contributed by atoms with Crippen molar-refractivity contribution in [1.82, 2.24) is 15.3 Å². The topological polar surface area (TPSA) is 66.9 Å². The molecule has 0 aliphatic rings. The molecule has 0 radical (unpaired) electrons. The predicted octanol–water partition coefficient (Wildman–Crippen LogP) is 3.01. The SMILES string of the molecule is CCCCCNc1ccc(C(=O)NCc2ccncc2)cn1. The second-order valence-corrected chi connectivity index (χ2v) is 5.10. The molecule has 116 valence electrons. The fourth-order valence-electron chi connectivity index (χ4n) is 2.01. The molecule has 2 heterocycles. The maximum atomic E-state index is 12.0. The van der Waals surface area contributed by atoms with Gasteiger partial charge in [-0.25, -0.2) is 4.98 Å². The Morgan fingerprint density at radius 1 is 1.14 bits per heavy atom. The van der Waals surface area contributed by atoms with Crippen LogP contribution in [-0.4, -0.2) is 22.4 Å². The Hall–Kier alpha value is -2.43. The number of aromatic nitrogens is 2. The van der Waals surface area contributed by atoms with Crippen LogP contribution < -0.4 is 10.6 Å². The third-order valence-electron chi connectivity index (χ3n) is 3.31. The highest BCUT2D eigenvalue weighted by Crippen LogP contribution is 2.06. The minimum absolute atomic E-state index is 0.123. The molecule has 1 amide bonds. The van der Waals surface area contributed by atoms with Gasteiger partial charge in [0, 0.05) is 31.7 Å². The first kappa shape index (κ1) is 15.9. The highest BCUT2D eigenvalue weighted by atomic mass is 16.1. The summed E-state index contributed by atoms with van der Waals surface area (Å²) in [6.45, 7) is 3.57. The number of carbonyl (C=O) groups excluding carboxylic acids is 1. The van der Waals surface area contributed by atoms with Crippen molar-refractivity contribution in [2.75, 3.05) is 11.9 Å². The first-order valence-corrected chi connectivity index (χ1v) is 7.66. The maximum Gasteiger partial charge on any atom is 0.253 e. The number of nitrogens with one attached hydrogen (secondary N) is 2. The van der Waals surface area contributed by atoms with Gasteiger partial charge in [-0.2, -0.15) is 0 Å². The molecule has 0 atom stereocenters. The van der Waals surface area contributed by atoms with Gasteiger partial charge in [0.15, 0.2) is 0 Å². The van der Waals surface area contributed by atoms with Crippen LogP contribution in [0.25, 0.3) is 0 Å². The van der Waals surface area contributed by atoms with Gasteiger partial charge in [0.2, 0.25) is 0 Å². The summed E-state index contributed by atoms with van der Waals surface area (Å²) in [4.78, 5) is 20.3. The number of carbonyl (C=O) groups is 1. The Balaban J connectivity index is 1.80. The van der Waals surface area contributed by atoms with Crippen LogP contribution in [-0.2, 0) is 6.54 Å². The van der Waals surface area contributed by atoms with Crippen LogP contribution in [0.1, 0.15) is 42.1 Å². The van der Waals surface area contributed by atoms with Crippen LogP contribution >= 0.6 is 0 Å². The van der Waals surface area contributed by atoms with Crippen molar-refractivity contribution in [3.63, 3.8) is 0 Å². The third-order valence-corrected chi connectivity index (χ3v) is 3.31.